The maximum absolute atomic E-state index is 12.5. The number of carbonyl (C=O) groups is 2. The van der Waals surface area contributed by atoms with Crippen molar-refractivity contribution < 1.29 is 9.59 Å². The van der Waals surface area contributed by atoms with Crippen LogP contribution in [0.4, 0.5) is 0 Å². The van der Waals surface area contributed by atoms with Crippen LogP contribution < -0.4 is 11.1 Å². The minimum Gasteiger partial charge on any atom is -0.361 e. The average molecular weight is 356 g/mol. The van der Waals surface area contributed by atoms with Gasteiger partial charge in [-0.15, -0.1) is 0 Å². The van der Waals surface area contributed by atoms with Crippen molar-refractivity contribution >= 4 is 22.7 Å². The number of fused-ring (bicyclic) bond motifs is 1. The number of piperidine rings is 1. The third kappa shape index (κ3) is 4.07. The Labute approximate surface area is 154 Å². The standard InChI is InChI=1S/C20H28N4O2/c1-13(21)20(26)24-9-7-15(8-10-24)14(2)23-19(25)11-16-12-22-18-6-4-3-5-17(16)18/h3-6,12-15,22H,7-11,21H2,1-2H3,(H,23,25)/t13-,14?/m0/s1. The molecule has 1 aromatic heterocycles. The quantitative estimate of drug-likeness (QED) is 0.763. The van der Waals surface area contributed by atoms with Gasteiger partial charge in [0.1, 0.15) is 0 Å². The number of rotatable bonds is 5. The van der Waals surface area contributed by atoms with Gasteiger partial charge < -0.3 is 20.9 Å². The van der Waals surface area contributed by atoms with Crippen LogP contribution in [-0.2, 0) is 16.0 Å². The fraction of sp³-hybridized carbons (Fsp3) is 0.500. The first-order chi connectivity index (χ1) is 12.5. The number of carbonyl (C=O) groups excluding carboxylic acids is 2. The monoisotopic (exact) mass is 356 g/mol. The van der Waals surface area contributed by atoms with E-state index in [0.29, 0.717) is 25.4 Å². The molecule has 1 aliphatic rings. The number of nitrogens with one attached hydrogen (secondary N) is 2. The molecule has 2 amide bonds. The molecule has 0 radical (unpaired) electrons. The summed E-state index contributed by atoms with van der Waals surface area (Å²) in [6.07, 6.45) is 4.07. The van der Waals surface area contributed by atoms with Crippen molar-refractivity contribution in [2.24, 2.45) is 11.7 Å². The zero-order valence-electron chi connectivity index (χ0n) is 15.5. The van der Waals surface area contributed by atoms with Crippen LogP contribution in [0.15, 0.2) is 30.5 Å². The highest BCUT2D eigenvalue weighted by Crippen LogP contribution is 2.22. The summed E-state index contributed by atoms with van der Waals surface area (Å²) in [5, 5.41) is 4.23. The summed E-state index contributed by atoms with van der Waals surface area (Å²) in [5.74, 6) is 0.440. The smallest absolute Gasteiger partial charge is 0.239 e. The molecule has 4 N–H and O–H groups in total. The Morgan fingerprint density at radius 1 is 1.27 bits per heavy atom. The van der Waals surface area contributed by atoms with Crippen molar-refractivity contribution in [3.05, 3.63) is 36.0 Å². The van der Waals surface area contributed by atoms with Crippen LogP contribution in [0, 0.1) is 5.92 Å². The van der Waals surface area contributed by atoms with Gasteiger partial charge in [0, 0.05) is 36.2 Å². The second-order valence-corrected chi connectivity index (χ2v) is 7.34. The lowest BCUT2D eigenvalue weighted by atomic mass is 9.90. The Hall–Kier alpha value is -2.34. The van der Waals surface area contributed by atoms with Crippen molar-refractivity contribution in [2.75, 3.05) is 13.1 Å². The number of benzene rings is 1. The van der Waals surface area contributed by atoms with Crippen LogP contribution in [0.2, 0.25) is 0 Å². The largest absolute Gasteiger partial charge is 0.361 e. The lowest BCUT2D eigenvalue weighted by molar-refractivity contribution is -0.134. The molecule has 1 saturated heterocycles. The minimum absolute atomic E-state index is 0.0134. The predicted molar refractivity (Wildman–Crippen MR) is 103 cm³/mol. The molecule has 2 aromatic rings. The number of amides is 2. The molecular weight excluding hydrogens is 328 g/mol. The van der Waals surface area contributed by atoms with Crippen LogP contribution in [0.25, 0.3) is 10.9 Å². The molecule has 140 valence electrons. The fourth-order valence-electron chi connectivity index (χ4n) is 3.78. The van der Waals surface area contributed by atoms with E-state index in [0.717, 1.165) is 29.3 Å². The van der Waals surface area contributed by atoms with Crippen LogP contribution >= 0.6 is 0 Å². The Balaban J connectivity index is 1.51. The molecule has 0 bridgehead atoms. The molecule has 1 unspecified atom stereocenters. The van der Waals surface area contributed by atoms with Gasteiger partial charge in [0.15, 0.2) is 0 Å². The number of para-hydroxylation sites is 1. The molecule has 1 fully saturated rings. The molecule has 2 heterocycles. The highest BCUT2D eigenvalue weighted by molar-refractivity contribution is 5.89. The zero-order chi connectivity index (χ0) is 18.7. The van der Waals surface area contributed by atoms with E-state index in [-0.39, 0.29) is 17.9 Å². The number of nitrogens with zero attached hydrogens (tertiary/aromatic N) is 1. The van der Waals surface area contributed by atoms with Crippen LogP contribution in [0.5, 0.6) is 0 Å². The van der Waals surface area contributed by atoms with Gasteiger partial charge >= 0.3 is 0 Å². The maximum atomic E-state index is 12.5. The highest BCUT2D eigenvalue weighted by Gasteiger charge is 2.28. The first kappa shape index (κ1) is 18.5. The van der Waals surface area contributed by atoms with E-state index in [2.05, 4.69) is 17.2 Å². The predicted octanol–water partition coefficient (Wildman–Crippen LogP) is 1.80. The maximum Gasteiger partial charge on any atom is 0.239 e. The van der Waals surface area contributed by atoms with Gasteiger partial charge in [0.05, 0.1) is 12.5 Å². The first-order valence-corrected chi connectivity index (χ1v) is 9.34. The van der Waals surface area contributed by atoms with Crippen LogP contribution in [0.3, 0.4) is 0 Å². The van der Waals surface area contributed by atoms with Crippen molar-refractivity contribution in [3.63, 3.8) is 0 Å². The van der Waals surface area contributed by atoms with Gasteiger partial charge in [-0.25, -0.2) is 0 Å². The molecule has 0 aliphatic carbocycles. The minimum atomic E-state index is -0.445. The molecule has 1 aromatic carbocycles. The number of likely N-dealkylation sites (tertiary alicyclic amines) is 1. The lowest BCUT2D eigenvalue weighted by Crippen LogP contribution is -2.49. The van der Waals surface area contributed by atoms with Gasteiger partial charge in [-0.1, -0.05) is 18.2 Å². The molecule has 2 atom stereocenters. The number of H-pyrrole nitrogens is 1. The first-order valence-electron chi connectivity index (χ1n) is 9.34. The molecule has 0 spiro atoms. The summed E-state index contributed by atoms with van der Waals surface area (Å²) >= 11 is 0. The normalized spacial score (nSPS) is 17.9. The molecule has 26 heavy (non-hydrogen) atoms. The SMILES string of the molecule is CC(NC(=O)Cc1c[nH]c2ccccc12)C1CCN(C(=O)[C@H](C)N)CC1. The van der Waals surface area contributed by atoms with Gasteiger partial charge in [0.2, 0.25) is 11.8 Å². The fourth-order valence-corrected chi connectivity index (χ4v) is 3.78. The van der Waals surface area contributed by atoms with Crippen molar-refractivity contribution in [1.29, 1.82) is 0 Å². The second kappa shape index (κ2) is 7.91. The van der Waals surface area contributed by atoms with Gasteiger partial charge in [-0.3, -0.25) is 9.59 Å². The highest BCUT2D eigenvalue weighted by atomic mass is 16.2. The van der Waals surface area contributed by atoms with Crippen molar-refractivity contribution in [3.8, 4) is 0 Å². The summed E-state index contributed by atoms with van der Waals surface area (Å²) in [4.78, 5) is 29.5. The van der Waals surface area contributed by atoms with E-state index in [4.69, 9.17) is 5.73 Å². The topological polar surface area (TPSA) is 91.2 Å². The lowest BCUT2D eigenvalue weighted by Gasteiger charge is -2.35. The van der Waals surface area contributed by atoms with Gasteiger partial charge in [-0.05, 0) is 44.2 Å². The zero-order valence-corrected chi connectivity index (χ0v) is 15.5. The Bertz CT molecular complexity index is 775. The number of hydrogen-bond acceptors (Lipinski definition) is 3. The van der Waals surface area contributed by atoms with Gasteiger partial charge in [0.25, 0.3) is 0 Å². The number of aromatic amines is 1. The number of hydrogen-bond donors (Lipinski definition) is 3. The molecule has 3 rings (SSSR count). The third-order valence-corrected chi connectivity index (χ3v) is 5.36. The van der Waals surface area contributed by atoms with E-state index in [9.17, 15) is 9.59 Å². The van der Waals surface area contributed by atoms with Crippen molar-refractivity contribution in [1.82, 2.24) is 15.2 Å². The molecule has 6 nitrogen and oxygen atoms in total. The average Bonchev–Trinajstić information content (AvgIpc) is 3.04. The van der Waals surface area contributed by atoms with E-state index in [1.807, 2.05) is 35.4 Å². The third-order valence-electron chi connectivity index (χ3n) is 5.36. The molecule has 6 heteroatoms. The van der Waals surface area contributed by atoms with Crippen molar-refractivity contribution in [2.45, 2.75) is 45.2 Å². The Kier molecular flexibility index (Phi) is 5.61. The van der Waals surface area contributed by atoms with Crippen LogP contribution in [0.1, 0.15) is 32.3 Å². The summed E-state index contributed by atoms with van der Waals surface area (Å²) in [7, 11) is 0. The second-order valence-electron chi connectivity index (χ2n) is 7.34. The summed E-state index contributed by atoms with van der Waals surface area (Å²) < 4.78 is 0. The van der Waals surface area contributed by atoms with E-state index < -0.39 is 6.04 Å². The number of nitrogens with two attached hydrogens (primary N) is 1. The molecular formula is C20H28N4O2. The van der Waals surface area contributed by atoms with E-state index >= 15 is 0 Å². The Morgan fingerprint density at radius 3 is 2.65 bits per heavy atom. The molecule has 1 aliphatic heterocycles. The summed E-state index contributed by atoms with van der Waals surface area (Å²) in [5.41, 5.74) is 7.75. The Morgan fingerprint density at radius 2 is 1.96 bits per heavy atom. The molecule has 0 saturated carbocycles. The van der Waals surface area contributed by atoms with E-state index in [1.54, 1.807) is 6.92 Å². The van der Waals surface area contributed by atoms with Crippen LogP contribution in [-0.4, -0.2) is 46.9 Å². The summed E-state index contributed by atoms with van der Waals surface area (Å²) in [6.45, 7) is 5.21. The van der Waals surface area contributed by atoms with Gasteiger partial charge in [-0.2, -0.15) is 0 Å². The number of aromatic nitrogens is 1. The summed E-state index contributed by atoms with van der Waals surface area (Å²) in [6, 6.07) is 7.66. The van der Waals surface area contributed by atoms with E-state index in [1.165, 1.54) is 0 Å².